The molecule has 2 rings (SSSR count). The van der Waals surface area contributed by atoms with E-state index in [1.165, 1.54) is 0 Å². The molecule has 8 nitrogen and oxygen atoms in total. The van der Waals surface area contributed by atoms with Gasteiger partial charge in [0.1, 0.15) is 0 Å². The van der Waals surface area contributed by atoms with Crippen LogP contribution in [0.2, 0.25) is 0 Å². The lowest BCUT2D eigenvalue weighted by atomic mass is 10.3. The third kappa shape index (κ3) is 3.72. The van der Waals surface area contributed by atoms with E-state index in [4.69, 9.17) is 0 Å². The first-order valence-electron chi connectivity index (χ1n) is 5.87. The van der Waals surface area contributed by atoms with E-state index >= 15 is 0 Å². The van der Waals surface area contributed by atoms with Gasteiger partial charge in [0, 0.05) is 19.0 Å². The summed E-state index contributed by atoms with van der Waals surface area (Å²) in [5.41, 5.74) is -1.21. The molecule has 0 atom stereocenters. The highest BCUT2D eigenvalue weighted by Gasteiger charge is 2.22. The van der Waals surface area contributed by atoms with Gasteiger partial charge in [0.15, 0.2) is 0 Å². The second-order valence-electron chi connectivity index (χ2n) is 4.23. The number of carbonyl (C=O) groups excluding carboxylic acids is 1. The van der Waals surface area contributed by atoms with E-state index in [1.807, 2.05) is 0 Å². The SMILES string of the molecule is O=C(CCCNc1n[nH]c(=O)[nH]c1=O)NC1CC1. The highest BCUT2D eigenvalue weighted by molar-refractivity contribution is 5.76. The molecule has 1 saturated carbocycles. The minimum Gasteiger partial charge on any atom is -0.364 e. The van der Waals surface area contributed by atoms with Crippen molar-refractivity contribution in [1.29, 1.82) is 0 Å². The molecular formula is C10H15N5O3. The molecule has 1 aromatic heterocycles. The summed E-state index contributed by atoms with van der Waals surface area (Å²) < 4.78 is 0. The zero-order chi connectivity index (χ0) is 13.0. The first kappa shape index (κ1) is 12.3. The molecule has 4 N–H and O–H groups in total. The Hall–Kier alpha value is -2.12. The summed E-state index contributed by atoms with van der Waals surface area (Å²) in [5, 5.41) is 11.3. The number of anilines is 1. The van der Waals surface area contributed by atoms with Crippen LogP contribution >= 0.6 is 0 Å². The summed E-state index contributed by atoms with van der Waals surface area (Å²) in [6, 6.07) is 0.370. The van der Waals surface area contributed by atoms with E-state index in [9.17, 15) is 14.4 Å². The van der Waals surface area contributed by atoms with Crippen LogP contribution in [-0.4, -0.2) is 33.7 Å². The van der Waals surface area contributed by atoms with Crippen molar-refractivity contribution in [1.82, 2.24) is 20.5 Å². The van der Waals surface area contributed by atoms with Crippen molar-refractivity contribution < 1.29 is 4.79 Å². The van der Waals surface area contributed by atoms with Crippen molar-refractivity contribution in [3.05, 3.63) is 20.8 Å². The third-order valence-electron chi connectivity index (χ3n) is 2.53. The molecule has 18 heavy (non-hydrogen) atoms. The Morgan fingerprint density at radius 3 is 2.83 bits per heavy atom. The van der Waals surface area contributed by atoms with Gasteiger partial charge in [0.2, 0.25) is 11.7 Å². The number of aromatic nitrogens is 3. The van der Waals surface area contributed by atoms with Gasteiger partial charge in [0.05, 0.1) is 0 Å². The van der Waals surface area contributed by atoms with Crippen LogP contribution in [-0.2, 0) is 4.79 Å². The first-order chi connectivity index (χ1) is 8.65. The van der Waals surface area contributed by atoms with E-state index in [-0.39, 0.29) is 11.7 Å². The highest BCUT2D eigenvalue weighted by Crippen LogP contribution is 2.18. The van der Waals surface area contributed by atoms with Crippen molar-refractivity contribution >= 4 is 11.7 Å². The van der Waals surface area contributed by atoms with E-state index in [2.05, 4.69) is 25.8 Å². The number of hydrogen-bond acceptors (Lipinski definition) is 5. The summed E-state index contributed by atoms with van der Waals surface area (Å²) in [6.45, 7) is 0.445. The molecule has 1 heterocycles. The topological polar surface area (TPSA) is 120 Å². The molecule has 0 aliphatic heterocycles. The van der Waals surface area contributed by atoms with Crippen molar-refractivity contribution in [3.63, 3.8) is 0 Å². The Morgan fingerprint density at radius 1 is 1.39 bits per heavy atom. The minimum absolute atomic E-state index is 0.0302. The number of carbonyl (C=O) groups is 1. The van der Waals surface area contributed by atoms with Crippen molar-refractivity contribution in [3.8, 4) is 0 Å². The van der Waals surface area contributed by atoms with Gasteiger partial charge in [-0.2, -0.15) is 0 Å². The summed E-state index contributed by atoms with van der Waals surface area (Å²) in [5.74, 6) is 0.0832. The average Bonchev–Trinajstić information content (AvgIpc) is 3.10. The van der Waals surface area contributed by atoms with Crippen LogP contribution < -0.4 is 21.9 Å². The maximum Gasteiger partial charge on any atom is 0.342 e. The molecule has 1 fully saturated rings. The van der Waals surface area contributed by atoms with Gasteiger partial charge in [-0.05, 0) is 19.3 Å². The van der Waals surface area contributed by atoms with Crippen LogP contribution in [0, 0.1) is 0 Å². The molecule has 1 aliphatic carbocycles. The largest absolute Gasteiger partial charge is 0.364 e. The summed E-state index contributed by atoms with van der Waals surface area (Å²) in [4.78, 5) is 35.4. The van der Waals surface area contributed by atoms with Crippen molar-refractivity contribution in [2.75, 3.05) is 11.9 Å². The molecule has 0 spiro atoms. The Bertz CT molecular complexity index is 531. The second kappa shape index (κ2) is 5.48. The first-order valence-corrected chi connectivity index (χ1v) is 5.87. The number of hydrogen-bond donors (Lipinski definition) is 4. The smallest absolute Gasteiger partial charge is 0.342 e. The Labute approximate surface area is 102 Å². The predicted octanol–water partition coefficient (Wildman–Crippen LogP) is -1.07. The van der Waals surface area contributed by atoms with Gasteiger partial charge >= 0.3 is 5.69 Å². The monoisotopic (exact) mass is 253 g/mol. The zero-order valence-corrected chi connectivity index (χ0v) is 9.78. The Kier molecular flexibility index (Phi) is 3.75. The van der Waals surface area contributed by atoms with Crippen LogP contribution in [0.3, 0.4) is 0 Å². The maximum absolute atomic E-state index is 11.3. The molecule has 8 heteroatoms. The number of rotatable bonds is 6. The molecule has 1 aliphatic rings. The van der Waals surface area contributed by atoms with Gasteiger partial charge in [0.25, 0.3) is 5.56 Å². The molecule has 0 unspecified atom stereocenters. The summed E-state index contributed by atoms with van der Waals surface area (Å²) in [7, 11) is 0. The Morgan fingerprint density at radius 2 is 2.17 bits per heavy atom. The number of aromatic amines is 2. The molecule has 0 saturated heterocycles. The lowest BCUT2D eigenvalue weighted by molar-refractivity contribution is -0.121. The number of nitrogens with zero attached hydrogens (tertiary/aromatic N) is 1. The minimum atomic E-state index is -0.644. The zero-order valence-electron chi connectivity index (χ0n) is 9.78. The fourth-order valence-corrected chi connectivity index (χ4v) is 1.45. The van der Waals surface area contributed by atoms with Gasteiger partial charge in [-0.3, -0.25) is 14.6 Å². The van der Waals surface area contributed by atoms with Crippen LogP contribution in [0.15, 0.2) is 9.59 Å². The van der Waals surface area contributed by atoms with Crippen LogP contribution in [0.4, 0.5) is 5.82 Å². The third-order valence-corrected chi connectivity index (χ3v) is 2.53. The molecular weight excluding hydrogens is 238 g/mol. The van der Waals surface area contributed by atoms with Crippen LogP contribution in [0.1, 0.15) is 25.7 Å². The van der Waals surface area contributed by atoms with Crippen molar-refractivity contribution in [2.45, 2.75) is 31.7 Å². The predicted molar refractivity (Wildman–Crippen MR) is 64.4 cm³/mol. The van der Waals surface area contributed by atoms with Crippen molar-refractivity contribution in [2.24, 2.45) is 0 Å². The standard InChI is InChI=1S/C10H15N5O3/c16-7(12-6-3-4-6)2-1-5-11-8-9(17)13-10(18)15-14-8/h6H,1-5H2,(H,11,14)(H,12,16)(H2,13,15,17,18). The second-order valence-corrected chi connectivity index (χ2v) is 4.23. The molecule has 0 radical (unpaired) electrons. The van der Waals surface area contributed by atoms with Gasteiger partial charge in [-0.1, -0.05) is 0 Å². The fraction of sp³-hybridized carbons (Fsp3) is 0.600. The van der Waals surface area contributed by atoms with E-state index in [1.54, 1.807) is 0 Å². The van der Waals surface area contributed by atoms with Gasteiger partial charge in [-0.25, -0.2) is 9.89 Å². The van der Waals surface area contributed by atoms with Crippen LogP contribution in [0.5, 0.6) is 0 Å². The number of amides is 1. The fourth-order valence-electron chi connectivity index (χ4n) is 1.45. The van der Waals surface area contributed by atoms with E-state index in [0.29, 0.717) is 25.4 Å². The quantitative estimate of drug-likeness (QED) is 0.481. The van der Waals surface area contributed by atoms with Crippen LogP contribution in [0.25, 0.3) is 0 Å². The summed E-state index contributed by atoms with van der Waals surface area (Å²) in [6.07, 6.45) is 3.14. The number of H-pyrrole nitrogens is 2. The normalized spacial score (nSPS) is 14.2. The average molecular weight is 253 g/mol. The molecule has 0 aromatic carbocycles. The lowest BCUT2D eigenvalue weighted by Gasteiger charge is -2.04. The molecule has 0 bridgehead atoms. The molecule has 98 valence electrons. The van der Waals surface area contributed by atoms with Gasteiger partial charge < -0.3 is 10.6 Å². The van der Waals surface area contributed by atoms with E-state index < -0.39 is 11.2 Å². The highest BCUT2D eigenvalue weighted by atomic mass is 16.2. The van der Waals surface area contributed by atoms with Gasteiger partial charge in [-0.15, -0.1) is 5.10 Å². The maximum atomic E-state index is 11.3. The molecule has 1 amide bonds. The number of nitrogens with one attached hydrogen (secondary N) is 4. The van der Waals surface area contributed by atoms with E-state index in [0.717, 1.165) is 12.8 Å². The Balaban J connectivity index is 1.69. The molecule has 1 aromatic rings. The lowest BCUT2D eigenvalue weighted by Crippen LogP contribution is -2.28. The summed E-state index contributed by atoms with van der Waals surface area (Å²) >= 11 is 0.